The van der Waals surface area contributed by atoms with E-state index in [1.54, 1.807) is 30.3 Å². The molecule has 2 N–H and O–H groups in total. The standard InChI is InChI=1S/C19H19ClN2O4/c1-12(2)13-7-9-14(10-8-13)19(25)26-11-17(23)21-22-18(24)15-5-3-4-6-16(15)20/h3-10,12H,11H2,1-2H3,(H,21,23)(H,22,24). The molecule has 0 saturated carbocycles. The summed E-state index contributed by atoms with van der Waals surface area (Å²) < 4.78 is 4.92. The van der Waals surface area contributed by atoms with Crippen molar-refractivity contribution in [3.8, 4) is 0 Å². The molecular weight excluding hydrogens is 356 g/mol. The van der Waals surface area contributed by atoms with E-state index in [-0.39, 0.29) is 10.6 Å². The lowest BCUT2D eigenvalue weighted by Gasteiger charge is -2.09. The number of benzene rings is 2. The number of nitrogens with one attached hydrogen (secondary N) is 2. The van der Waals surface area contributed by atoms with Gasteiger partial charge < -0.3 is 4.74 Å². The smallest absolute Gasteiger partial charge is 0.338 e. The van der Waals surface area contributed by atoms with Crippen LogP contribution in [0.2, 0.25) is 5.02 Å². The number of ether oxygens (including phenoxy) is 1. The molecule has 0 saturated heterocycles. The lowest BCUT2D eigenvalue weighted by Crippen LogP contribution is -2.43. The average Bonchev–Trinajstić information content (AvgIpc) is 2.64. The molecule has 136 valence electrons. The minimum absolute atomic E-state index is 0.219. The minimum Gasteiger partial charge on any atom is -0.452 e. The molecule has 2 rings (SSSR count). The summed E-state index contributed by atoms with van der Waals surface area (Å²) >= 11 is 5.89. The van der Waals surface area contributed by atoms with Gasteiger partial charge >= 0.3 is 5.97 Å². The third kappa shape index (κ3) is 5.32. The van der Waals surface area contributed by atoms with Crippen LogP contribution in [0.25, 0.3) is 0 Å². The highest BCUT2D eigenvalue weighted by atomic mass is 35.5. The second-order valence-corrected chi connectivity index (χ2v) is 6.24. The van der Waals surface area contributed by atoms with Gasteiger partial charge in [0.1, 0.15) is 0 Å². The number of hydrogen-bond donors (Lipinski definition) is 2. The molecule has 7 heteroatoms. The Labute approximate surface area is 156 Å². The summed E-state index contributed by atoms with van der Waals surface area (Å²) in [6.07, 6.45) is 0. The monoisotopic (exact) mass is 374 g/mol. The van der Waals surface area contributed by atoms with Crippen molar-refractivity contribution >= 4 is 29.4 Å². The Balaban J connectivity index is 1.80. The number of esters is 1. The molecule has 0 unspecified atom stereocenters. The first kappa shape index (κ1) is 19.5. The van der Waals surface area contributed by atoms with Crippen molar-refractivity contribution in [2.24, 2.45) is 0 Å². The fraction of sp³-hybridized carbons (Fsp3) is 0.211. The first-order valence-corrected chi connectivity index (χ1v) is 8.37. The lowest BCUT2D eigenvalue weighted by atomic mass is 10.0. The van der Waals surface area contributed by atoms with Gasteiger partial charge in [0.25, 0.3) is 11.8 Å². The number of hydrazine groups is 1. The van der Waals surface area contributed by atoms with Crippen molar-refractivity contribution in [2.75, 3.05) is 6.61 Å². The van der Waals surface area contributed by atoms with Crippen LogP contribution in [0.3, 0.4) is 0 Å². The Hall–Kier alpha value is -2.86. The predicted molar refractivity (Wildman–Crippen MR) is 97.9 cm³/mol. The van der Waals surface area contributed by atoms with Gasteiger partial charge in [-0.25, -0.2) is 4.79 Å². The number of halogens is 1. The molecule has 2 aromatic carbocycles. The molecule has 0 radical (unpaired) electrons. The Morgan fingerprint density at radius 1 is 1.00 bits per heavy atom. The molecule has 0 aliphatic rings. The summed E-state index contributed by atoms with van der Waals surface area (Å²) in [6.45, 7) is 3.58. The van der Waals surface area contributed by atoms with Crippen molar-refractivity contribution < 1.29 is 19.1 Å². The number of rotatable bonds is 5. The van der Waals surface area contributed by atoms with E-state index in [4.69, 9.17) is 16.3 Å². The summed E-state index contributed by atoms with van der Waals surface area (Å²) in [7, 11) is 0. The summed E-state index contributed by atoms with van der Waals surface area (Å²) in [5, 5.41) is 0.260. The molecule has 0 bridgehead atoms. The molecule has 2 aromatic rings. The highest BCUT2D eigenvalue weighted by Gasteiger charge is 2.13. The predicted octanol–water partition coefficient (Wildman–Crippen LogP) is 3.08. The molecule has 6 nitrogen and oxygen atoms in total. The van der Waals surface area contributed by atoms with Gasteiger partial charge in [0.2, 0.25) is 0 Å². The maximum absolute atomic E-state index is 11.9. The van der Waals surface area contributed by atoms with Crippen LogP contribution in [0.5, 0.6) is 0 Å². The topological polar surface area (TPSA) is 84.5 Å². The van der Waals surface area contributed by atoms with Crippen LogP contribution in [-0.4, -0.2) is 24.4 Å². The Bertz CT molecular complexity index is 803. The third-order valence-electron chi connectivity index (χ3n) is 3.58. The van der Waals surface area contributed by atoms with Crippen molar-refractivity contribution in [1.82, 2.24) is 10.9 Å². The second-order valence-electron chi connectivity index (χ2n) is 5.83. The van der Waals surface area contributed by atoms with Gasteiger partial charge in [0.15, 0.2) is 6.61 Å². The lowest BCUT2D eigenvalue weighted by molar-refractivity contribution is -0.125. The summed E-state index contributed by atoms with van der Waals surface area (Å²) in [5.74, 6) is -1.50. The van der Waals surface area contributed by atoms with Crippen molar-refractivity contribution in [3.05, 3.63) is 70.2 Å². The maximum Gasteiger partial charge on any atom is 0.338 e. The zero-order valence-electron chi connectivity index (χ0n) is 14.4. The van der Waals surface area contributed by atoms with Crippen LogP contribution in [0.4, 0.5) is 0 Å². The van der Waals surface area contributed by atoms with Gasteiger partial charge in [-0.15, -0.1) is 0 Å². The Kier molecular flexibility index (Phi) is 6.74. The SMILES string of the molecule is CC(C)c1ccc(C(=O)OCC(=O)NNC(=O)c2ccccc2Cl)cc1. The number of amides is 2. The highest BCUT2D eigenvalue weighted by Crippen LogP contribution is 2.15. The van der Waals surface area contributed by atoms with E-state index in [1.165, 1.54) is 6.07 Å². The zero-order valence-corrected chi connectivity index (χ0v) is 15.2. The largest absolute Gasteiger partial charge is 0.452 e. The summed E-state index contributed by atoms with van der Waals surface area (Å²) in [4.78, 5) is 35.5. The molecule has 0 fully saturated rings. The van der Waals surface area contributed by atoms with Crippen molar-refractivity contribution in [1.29, 1.82) is 0 Å². The number of hydrogen-bond acceptors (Lipinski definition) is 4. The average molecular weight is 375 g/mol. The van der Waals surface area contributed by atoms with E-state index >= 15 is 0 Å². The summed E-state index contributed by atoms with van der Waals surface area (Å²) in [6, 6.07) is 13.4. The van der Waals surface area contributed by atoms with Gasteiger partial charge in [-0.05, 0) is 35.7 Å². The highest BCUT2D eigenvalue weighted by molar-refractivity contribution is 6.33. The fourth-order valence-electron chi connectivity index (χ4n) is 2.09. The van der Waals surface area contributed by atoms with Crippen LogP contribution in [-0.2, 0) is 9.53 Å². The van der Waals surface area contributed by atoms with E-state index in [0.29, 0.717) is 11.5 Å². The molecule has 0 aliphatic carbocycles. The van der Waals surface area contributed by atoms with Crippen LogP contribution in [0.15, 0.2) is 48.5 Å². The fourth-order valence-corrected chi connectivity index (χ4v) is 2.32. The van der Waals surface area contributed by atoms with Crippen LogP contribution < -0.4 is 10.9 Å². The summed E-state index contributed by atoms with van der Waals surface area (Å²) in [5.41, 5.74) is 6.04. The molecule has 0 heterocycles. The zero-order chi connectivity index (χ0) is 19.1. The molecule has 0 spiro atoms. The van der Waals surface area contributed by atoms with E-state index < -0.39 is 24.4 Å². The third-order valence-corrected chi connectivity index (χ3v) is 3.91. The van der Waals surface area contributed by atoms with E-state index in [9.17, 15) is 14.4 Å². The molecule has 0 aromatic heterocycles. The van der Waals surface area contributed by atoms with E-state index in [0.717, 1.165) is 5.56 Å². The van der Waals surface area contributed by atoms with Gasteiger partial charge in [0, 0.05) is 0 Å². The van der Waals surface area contributed by atoms with Crippen molar-refractivity contribution in [2.45, 2.75) is 19.8 Å². The van der Waals surface area contributed by atoms with E-state index in [2.05, 4.69) is 24.7 Å². The van der Waals surface area contributed by atoms with Crippen LogP contribution in [0, 0.1) is 0 Å². The normalized spacial score (nSPS) is 10.3. The first-order chi connectivity index (χ1) is 12.4. The van der Waals surface area contributed by atoms with Gasteiger partial charge in [-0.2, -0.15) is 0 Å². The Morgan fingerprint density at radius 2 is 1.65 bits per heavy atom. The van der Waals surface area contributed by atoms with Gasteiger partial charge in [-0.3, -0.25) is 20.4 Å². The minimum atomic E-state index is -0.669. The maximum atomic E-state index is 11.9. The number of carbonyl (C=O) groups excluding carboxylic acids is 3. The Morgan fingerprint density at radius 3 is 2.27 bits per heavy atom. The van der Waals surface area contributed by atoms with Gasteiger partial charge in [0.05, 0.1) is 16.1 Å². The van der Waals surface area contributed by atoms with Gasteiger partial charge in [-0.1, -0.05) is 49.7 Å². The molecule has 0 atom stereocenters. The first-order valence-electron chi connectivity index (χ1n) is 7.99. The molecule has 0 aliphatic heterocycles. The molecular formula is C19H19ClN2O4. The van der Waals surface area contributed by atoms with Crippen LogP contribution in [0.1, 0.15) is 46.0 Å². The molecule has 2 amide bonds. The number of carbonyl (C=O) groups is 3. The quantitative estimate of drug-likeness (QED) is 0.622. The van der Waals surface area contributed by atoms with Crippen molar-refractivity contribution in [3.63, 3.8) is 0 Å². The van der Waals surface area contributed by atoms with Crippen LogP contribution >= 0.6 is 11.6 Å². The molecule has 26 heavy (non-hydrogen) atoms. The van der Waals surface area contributed by atoms with E-state index in [1.807, 2.05) is 12.1 Å². The second kappa shape index (κ2) is 9.01.